The summed E-state index contributed by atoms with van der Waals surface area (Å²) in [5.41, 5.74) is 2.07. The van der Waals surface area contributed by atoms with Crippen molar-refractivity contribution in [1.29, 1.82) is 0 Å². The number of fused-ring (bicyclic) bond motifs is 1. The number of hydrogen-bond donors (Lipinski definition) is 0. The first-order chi connectivity index (χ1) is 9.61. The maximum atomic E-state index is 12.0. The van der Waals surface area contributed by atoms with Gasteiger partial charge in [-0.3, -0.25) is 4.79 Å². The van der Waals surface area contributed by atoms with E-state index in [4.69, 9.17) is 4.74 Å². The minimum Gasteiger partial charge on any atom is -0.489 e. The molecule has 3 nitrogen and oxygen atoms in total. The summed E-state index contributed by atoms with van der Waals surface area (Å²) < 4.78 is 7.29. The molecule has 0 amide bonds. The third-order valence-electron chi connectivity index (χ3n) is 3.01. The SMILES string of the molecule is C=CCOc1ccc2ccc(=O)n(CC=C(C)C)c2c1. The lowest BCUT2D eigenvalue weighted by Crippen LogP contribution is -2.18. The van der Waals surface area contributed by atoms with Crippen LogP contribution in [0, 0.1) is 0 Å². The van der Waals surface area contributed by atoms with E-state index in [2.05, 4.69) is 6.58 Å². The number of hydrogen-bond acceptors (Lipinski definition) is 2. The highest BCUT2D eigenvalue weighted by atomic mass is 16.5. The predicted octanol–water partition coefficient (Wildman–Crippen LogP) is 3.53. The van der Waals surface area contributed by atoms with Crippen LogP contribution in [-0.2, 0) is 6.54 Å². The van der Waals surface area contributed by atoms with Gasteiger partial charge in [0.25, 0.3) is 5.56 Å². The van der Waals surface area contributed by atoms with E-state index in [9.17, 15) is 4.79 Å². The maximum absolute atomic E-state index is 12.0. The van der Waals surface area contributed by atoms with E-state index < -0.39 is 0 Å². The fourth-order valence-electron chi connectivity index (χ4n) is 1.98. The van der Waals surface area contributed by atoms with Crippen molar-refractivity contribution >= 4 is 10.9 Å². The molecule has 0 aliphatic heterocycles. The predicted molar refractivity (Wildman–Crippen MR) is 83.3 cm³/mol. The van der Waals surface area contributed by atoms with Crippen molar-refractivity contribution in [2.24, 2.45) is 0 Å². The molecule has 0 aliphatic rings. The van der Waals surface area contributed by atoms with Crippen molar-refractivity contribution in [2.45, 2.75) is 20.4 Å². The molecule has 104 valence electrons. The van der Waals surface area contributed by atoms with E-state index in [1.54, 1.807) is 16.7 Å². The number of ether oxygens (including phenoxy) is 1. The second-order valence-corrected chi connectivity index (χ2v) is 4.88. The summed E-state index contributed by atoms with van der Waals surface area (Å²) in [5, 5.41) is 1.03. The van der Waals surface area contributed by atoms with Crippen LogP contribution in [0.4, 0.5) is 0 Å². The Balaban J connectivity index is 2.52. The average molecular weight is 269 g/mol. The largest absolute Gasteiger partial charge is 0.489 e. The first-order valence-electron chi connectivity index (χ1n) is 6.62. The summed E-state index contributed by atoms with van der Waals surface area (Å²) in [6.07, 6.45) is 3.74. The lowest BCUT2D eigenvalue weighted by atomic mass is 10.2. The molecule has 0 spiro atoms. The first kappa shape index (κ1) is 14.1. The molecule has 1 aromatic heterocycles. The standard InChI is InChI=1S/C17H19NO2/c1-4-11-20-15-7-5-14-6-8-17(19)18(16(14)12-15)10-9-13(2)3/h4-9,12H,1,10-11H2,2-3H3. The molecule has 20 heavy (non-hydrogen) atoms. The Morgan fingerprint density at radius 3 is 2.75 bits per heavy atom. The van der Waals surface area contributed by atoms with Gasteiger partial charge in [0.2, 0.25) is 0 Å². The molecule has 0 saturated heterocycles. The van der Waals surface area contributed by atoms with Crippen molar-refractivity contribution in [3.8, 4) is 5.75 Å². The molecule has 0 bridgehead atoms. The molecule has 0 N–H and O–H groups in total. The Kier molecular flexibility index (Phi) is 4.41. The van der Waals surface area contributed by atoms with Gasteiger partial charge in [-0.25, -0.2) is 0 Å². The molecule has 3 heteroatoms. The van der Waals surface area contributed by atoms with Crippen LogP contribution in [0.3, 0.4) is 0 Å². The Morgan fingerprint density at radius 1 is 1.30 bits per heavy atom. The molecule has 1 heterocycles. The zero-order chi connectivity index (χ0) is 14.5. The van der Waals surface area contributed by atoms with Crippen LogP contribution in [0.25, 0.3) is 10.9 Å². The van der Waals surface area contributed by atoms with Gasteiger partial charge < -0.3 is 9.30 Å². The molecule has 2 rings (SSSR count). The zero-order valence-corrected chi connectivity index (χ0v) is 11.9. The van der Waals surface area contributed by atoms with Gasteiger partial charge >= 0.3 is 0 Å². The Hall–Kier alpha value is -2.29. The lowest BCUT2D eigenvalue weighted by molar-refractivity contribution is 0.363. The smallest absolute Gasteiger partial charge is 0.251 e. The Bertz CT molecular complexity index is 706. The van der Waals surface area contributed by atoms with Gasteiger partial charge in [0, 0.05) is 18.7 Å². The highest BCUT2D eigenvalue weighted by molar-refractivity contribution is 5.80. The number of pyridine rings is 1. The lowest BCUT2D eigenvalue weighted by Gasteiger charge is -2.10. The van der Waals surface area contributed by atoms with Gasteiger partial charge in [0.15, 0.2) is 0 Å². The van der Waals surface area contributed by atoms with E-state index in [1.165, 1.54) is 5.57 Å². The van der Waals surface area contributed by atoms with Crippen LogP contribution < -0.4 is 10.3 Å². The van der Waals surface area contributed by atoms with Crippen LogP contribution in [0.5, 0.6) is 5.75 Å². The molecular weight excluding hydrogens is 250 g/mol. The minimum absolute atomic E-state index is 0.00382. The fraction of sp³-hybridized carbons (Fsp3) is 0.235. The van der Waals surface area contributed by atoms with Crippen molar-refractivity contribution < 1.29 is 4.74 Å². The van der Waals surface area contributed by atoms with Crippen LogP contribution in [0.15, 0.2) is 59.4 Å². The zero-order valence-electron chi connectivity index (χ0n) is 11.9. The summed E-state index contributed by atoms with van der Waals surface area (Å²) in [6.45, 7) is 8.70. The van der Waals surface area contributed by atoms with Gasteiger partial charge in [-0.2, -0.15) is 0 Å². The van der Waals surface area contributed by atoms with Crippen molar-refractivity contribution in [2.75, 3.05) is 6.61 Å². The summed E-state index contributed by atoms with van der Waals surface area (Å²) in [7, 11) is 0. The molecule has 2 aromatic rings. The molecular formula is C17H19NO2. The normalized spacial score (nSPS) is 10.3. The van der Waals surface area contributed by atoms with Crippen LogP contribution in [0.2, 0.25) is 0 Å². The monoisotopic (exact) mass is 269 g/mol. The number of nitrogens with zero attached hydrogens (tertiary/aromatic N) is 1. The molecule has 0 unspecified atom stereocenters. The van der Waals surface area contributed by atoms with E-state index in [-0.39, 0.29) is 5.56 Å². The second kappa shape index (κ2) is 6.24. The van der Waals surface area contributed by atoms with Crippen LogP contribution in [0.1, 0.15) is 13.8 Å². The van der Waals surface area contributed by atoms with Crippen LogP contribution in [-0.4, -0.2) is 11.2 Å². The topological polar surface area (TPSA) is 31.2 Å². The summed E-state index contributed by atoms with van der Waals surface area (Å²) in [4.78, 5) is 12.0. The van der Waals surface area contributed by atoms with E-state index in [0.717, 1.165) is 16.7 Å². The van der Waals surface area contributed by atoms with E-state index in [0.29, 0.717) is 13.2 Å². The van der Waals surface area contributed by atoms with E-state index in [1.807, 2.05) is 44.2 Å². The second-order valence-electron chi connectivity index (χ2n) is 4.88. The number of allylic oxidation sites excluding steroid dienone is 2. The quantitative estimate of drug-likeness (QED) is 0.777. The highest BCUT2D eigenvalue weighted by Gasteiger charge is 2.04. The molecule has 1 aromatic carbocycles. The Morgan fingerprint density at radius 2 is 2.05 bits per heavy atom. The maximum Gasteiger partial charge on any atom is 0.251 e. The minimum atomic E-state index is -0.00382. The van der Waals surface area contributed by atoms with Crippen molar-refractivity contribution in [3.63, 3.8) is 0 Å². The third-order valence-corrected chi connectivity index (χ3v) is 3.01. The van der Waals surface area contributed by atoms with Gasteiger partial charge in [0.05, 0.1) is 5.52 Å². The fourth-order valence-corrected chi connectivity index (χ4v) is 1.98. The highest BCUT2D eigenvalue weighted by Crippen LogP contribution is 2.20. The van der Waals surface area contributed by atoms with Gasteiger partial charge in [-0.05, 0) is 37.4 Å². The number of benzene rings is 1. The summed E-state index contributed by atoms with van der Waals surface area (Å²) in [5.74, 6) is 0.744. The molecule has 0 radical (unpaired) electrons. The van der Waals surface area contributed by atoms with Crippen LogP contribution >= 0.6 is 0 Å². The van der Waals surface area contributed by atoms with Gasteiger partial charge in [0.1, 0.15) is 12.4 Å². The van der Waals surface area contributed by atoms with Gasteiger partial charge in [-0.1, -0.05) is 24.3 Å². The third kappa shape index (κ3) is 3.18. The molecule has 0 saturated carbocycles. The molecule has 0 fully saturated rings. The van der Waals surface area contributed by atoms with Crippen molar-refractivity contribution in [3.05, 3.63) is 65.0 Å². The van der Waals surface area contributed by atoms with Crippen molar-refractivity contribution in [1.82, 2.24) is 4.57 Å². The van der Waals surface area contributed by atoms with Gasteiger partial charge in [-0.15, -0.1) is 0 Å². The van der Waals surface area contributed by atoms with E-state index >= 15 is 0 Å². The molecule has 0 atom stereocenters. The Labute approximate surface area is 118 Å². The summed E-state index contributed by atoms with van der Waals surface area (Å²) in [6, 6.07) is 9.21. The molecule has 0 aliphatic carbocycles. The number of rotatable bonds is 5. The first-order valence-corrected chi connectivity index (χ1v) is 6.62. The summed E-state index contributed by atoms with van der Waals surface area (Å²) >= 11 is 0. The number of aromatic nitrogens is 1. The average Bonchev–Trinajstić information content (AvgIpc) is 2.43.